The van der Waals surface area contributed by atoms with E-state index in [0.29, 0.717) is 11.1 Å². The molecule has 0 saturated heterocycles. The Morgan fingerprint density at radius 2 is 2.00 bits per heavy atom. The van der Waals surface area contributed by atoms with Crippen molar-refractivity contribution in [1.82, 2.24) is 0 Å². The standard InChI is InChI=1S/C17H20F2O4S/c1-9(20)23-17-13(18)8-12-11(16(19)10-4-3-5-10)6-7-14(15(12)17)24(2,21)22/h6-7,10,13,16-17H,3-5,8H2,1-2H3/t13-,16-,17-/m1/s1. The van der Waals surface area contributed by atoms with E-state index in [1.165, 1.54) is 12.1 Å². The molecule has 7 heteroatoms. The molecule has 0 spiro atoms. The number of hydrogen-bond acceptors (Lipinski definition) is 4. The smallest absolute Gasteiger partial charge is 0.303 e. The zero-order valence-electron chi connectivity index (χ0n) is 13.6. The Labute approximate surface area is 140 Å². The highest BCUT2D eigenvalue weighted by molar-refractivity contribution is 7.90. The molecule has 3 atom stereocenters. The lowest BCUT2D eigenvalue weighted by atomic mass is 9.78. The molecule has 0 amide bonds. The highest BCUT2D eigenvalue weighted by Crippen LogP contribution is 2.47. The first-order valence-electron chi connectivity index (χ1n) is 8.01. The van der Waals surface area contributed by atoms with Gasteiger partial charge in [0.05, 0.1) is 4.90 Å². The molecule has 4 nitrogen and oxygen atoms in total. The first-order valence-corrected chi connectivity index (χ1v) is 9.90. The minimum Gasteiger partial charge on any atom is -0.454 e. The van der Waals surface area contributed by atoms with Gasteiger partial charge >= 0.3 is 5.97 Å². The lowest BCUT2D eigenvalue weighted by Gasteiger charge is -2.30. The van der Waals surface area contributed by atoms with Crippen LogP contribution in [0.2, 0.25) is 0 Å². The van der Waals surface area contributed by atoms with Gasteiger partial charge in [-0.15, -0.1) is 0 Å². The summed E-state index contributed by atoms with van der Waals surface area (Å²) in [5, 5.41) is 0. The van der Waals surface area contributed by atoms with Gasteiger partial charge < -0.3 is 4.74 Å². The maximum Gasteiger partial charge on any atom is 0.303 e. The van der Waals surface area contributed by atoms with E-state index in [9.17, 15) is 22.0 Å². The van der Waals surface area contributed by atoms with E-state index >= 15 is 0 Å². The molecule has 2 aliphatic carbocycles. The van der Waals surface area contributed by atoms with Crippen molar-refractivity contribution in [2.24, 2.45) is 5.92 Å². The van der Waals surface area contributed by atoms with Gasteiger partial charge in [0.1, 0.15) is 12.3 Å². The second-order valence-corrected chi connectivity index (χ2v) is 8.64. The summed E-state index contributed by atoms with van der Waals surface area (Å²) in [4.78, 5) is 11.2. The summed E-state index contributed by atoms with van der Waals surface area (Å²) < 4.78 is 58.4. The number of rotatable bonds is 4. The lowest BCUT2D eigenvalue weighted by molar-refractivity contribution is -0.149. The van der Waals surface area contributed by atoms with Crippen LogP contribution < -0.4 is 0 Å². The lowest BCUT2D eigenvalue weighted by Crippen LogP contribution is -2.19. The fraction of sp³-hybridized carbons (Fsp3) is 0.588. The molecule has 0 heterocycles. The molecule has 0 radical (unpaired) electrons. The van der Waals surface area contributed by atoms with E-state index < -0.39 is 34.3 Å². The molecule has 0 bridgehead atoms. The Morgan fingerprint density at radius 3 is 2.50 bits per heavy atom. The van der Waals surface area contributed by atoms with E-state index in [-0.39, 0.29) is 22.8 Å². The number of benzene rings is 1. The van der Waals surface area contributed by atoms with Crippen LogP contribution in [0.1, 0.15) is 55.2 Å². The van der Waals surface area contributed by atoms with E-state index in [2.05, 4.69) is 0 Å². The number of sulfone groups is 1. The Bertz CT molecular complexity index is 771. The van der Waals surface area contributed by atoms with Gasteiger partial charge in [0.2, 0.25) is 0 Å². The summed E-state index contributed by atoms with van der Waals surface area (Å²) in [5.74, 6) is -0.805. The van der Waals surface area contributed by atoms with Crippen LogP contribution in [-0.2, 0) is 25.8 Å². The SMILES string of the molecule is CC(=O)O[C@H]1c2c(S(C)(=O)=O)ccc([C@H](F)C3CCC3)c2C[C@H]1F. The van der Waals surface area contributed by atoms with Crippen LogP contribution in [0.5, 0.6) is 0 Å². The van der Waals surface area contributed by atoms with Crippen LogP contribution in [0.15, 0.2) is 17.0 Å². The van der Waals surface area contributed by atoms with E-state index in [1.54, 1.807) is 0 Å². The zero-order valence-corrected chi connectivity index (χ0v) is 14.4. The van der Waals surface area contributed by atoms with Gasteiger partial charge in [0, 0.05) is 25.2 Å². The van der Waals surface area contributed by atoms with Gasteiger partial charge in [-0.1, -0.05) is 12.5 Å². The third-order valence-electron chi connectivity index (χ3n) is 4.92. The molecule has 3 rings (SSSR count). The average molecular weight is 358 g/mol. The zero-order chi connectivity index (χ0) is 17.6. The van der Waals surface area contributed by atoms with E-state index in [1.807, 2.05) is 0 Å². The average Bonchev–Trinajstić information content (AvgIpc) is 2.71. The van der Waals surface area contributed by atoms with Gasteiger partial charge in [-0.05, 0) is 36.0 Å². The molecule has 0 N–H and O–H groups in total. The third-order valence-corrected chi connectivity index (χ3v) is 6.07. The van der Waals surface area contributed by atoms with Crippen LogP contribution in [0.3, 0.4) is 0 Å². The van der Waals surface area contributed by atoms with Gasteiger partial charge in [-0.3, -0.25) is 4.79 Å². The number of esters is 1. The van der Waals surface area contributed by atoms with E-state index in [4.69, 9.17) is 4.74 Å². The Morgan fingerprint density at radius 1 is 1.33 bits per heavy atom. The monoisotopic (exact) mass is 358 g/mol. The molecule has 132 valence electrons. The largest absolute Gasteiger partial charge is 0.454 e. The van der Waals surface area contributed by atoms with Crippen LogP contribution in [-0.4, -0.2) is 26.8 Å². The van der Waals surface area contributed by atoms with Crippen molar-refractivity contribution in [3.63, 3.8) is 0 Å². The molecule has 1 fully saturated rings. The summed E-state index contributed by atoms with van der Waals surface area (Å²) in [6.45, 7) is 1.14. The minimum atomic E-state index is -3.65. The van der Waals surface area contributed by atoms with Crippen LogP contribution in [0.4, 0.5) is 8.78 Å². The number of hydrogen-bond donors (Lipinski definition) is 0. The molecule has 2 aliphatic rings. The summed E-state index contributed by atoms with van der Waals surface area (Å²) in [6, 6.07) is 2.75. The first kappa shape index (κ1) is 17.3. The van der Waals surface area contributed by atoms with Crippen molar-refractivity contribution in [3.05, 3.63) is 28.8 Å². The van der Waals surface area contributed by atoms with Crippen molar-refractivity contribution in [2.75, 3.05) is 6.26 Å². The van der Waals surface area contributed by atoms with Crippen molar-refractivity contribution >= 4 is 15.8 Å². The molecule has 1 aromatic rings. The van der Waals surface area contributed by atoms with E-state index in [0.717, 1.165) is 32.4 Å². The summed E-state index contributed by atoms with van der Waals surface area (Å²) in [7, 11) is -3.65. The number of carbonyl (C=O) groups excluding carboxylic acids is 1. The molecule has 1 saturated carbocycles. The predicted molar refractivity (Wildman–Crippen MR) is 83.8 cm³/mol. The summed E-state index contributed by atoms with van der Waals surface area (Å²) in [6.07, 6.45) is -0.723. The number of ether oxygens (including phenoxy) is 1. The second-order valence-electron chi connectivity index (χ2n) is 6.66. The number of alkyl halides is 2. The Kier molecular flexibility index (Phi) is 4.40. The Hall–Kier alpha value is -1.50. The summed E-state index contributed by atoms with van der Waals surface area (Å²) in [5.41, 5.74) is 0.787. The van der Waals surface area contributed by atoms with Crippen LogP contribution in [0.25, 0.3) is 0 Å². The van der Waals surface area contributed by atoms with Gasteiger partial charge in [0.25, 0.3) is 0 Å². The molecule has 0 aromatic heterocycles. The fourth-order valence-corrected chi connectivity index (χ4v) is 4.52. The van der Waals surface area contributed by atoms with Crippen LogP contribution in [0, 0.1) is 5.92 Å². The molecular weight excluding hydrogens is 338 g/mol. The normalized spacial score (nSPS) is 25.0. The van der Waals surface area contributed by atoms with Gasteiger partial charge in [-0.25, -0.2) is 17.2 Å². The minimum absolute atomic E-state index is 0.0894. The number of fused-ring (bicyclic) bond motifs is 1. The first-order chi connectivity index (χ1) is 11.2. The quantitative estimate of drug-likeness (QED) is 0.774. The van der Waals surface area contributed by atoms with Crippen LogP contribution >= 0.6 is 0 Å². The predicted octanol–water partition coefficient (Wildman–Crippen LogP) is 3.40. The Balaban J connectivity index is 2.14. The van der Waals surface area contributed by atoms with Crippen molar-refractivity contribution in [2.45, 2.75) is 55.9 Å². The molecule has 1 aromatic carbocycles. The maximum absolute atomic E-state index is 14.8. The fourth-order valence-electron chi connectivity index (χ4n) is 3.56. The number of carbonyl (C=O) groups is 1. The van der Waals surface area contributed by atoms with Crippen molar-refractivity contribution in [1.29, 1.82) is 0 Å². The number of halogens is 2. The second kappa shape index (κ2) is 6.10. The van der Waals surface area contributed by atoms with Gasteiger partial charge in [-0.2, -0.15) is 0 Å². The van der Waals surface area contributed by atoms with Gasteiger partial charge in [0.15, 0.2) is 15.9 Å². The topological polar surface area (TPSA) is 60.4 Å². The summed E-state index contributed by atoms with van der Waals surface area (Å²) >= 11 is 0. The molecular formula is C17H20F2O4S. The molecule has 24 heavy (non-hydrogen) atoms. The maximum atomic E-state index is 14.8. The molecule has 0 aliphatic heterocycles. The third kappa shape index (κ3) is 2.94. The van der Waals surface area contributed by atoms with Crippen molar-refractivity contribution in [3.8, 4) is 0 Å². The highest BCUT2D eigenvalue weighted by atomic mass is 32.2. The highest BCUT2D eigenvalue weighted by Gasteiger charge is 2.42. The van der Waals surface area contributed by atoms with Crippen molar-refractivity contribution < 1.29 is 26.7 Å². The molecule has 0 unspecified atom stereocenters.